The Hall–Kier alpha value is -1.84. The van der Waals surface area contributed by atoms with Gasteiger partial charge in [0.25, 0.3) is 0 Å². The lowest BCUT2D eigenvalue weighted by Gasteiger charge is -2.02. The fourth-order valence-electron chi connectivity index (χ4n) is 2.17. The molecule has 0 saturated heterocycles. The molecule has 3 nitrogen and oxygen atoms in total. The van der Waals surface area contributed by atoms with Crippen LogP contribution in [0, 0.1) is 14.9 Å². The predicted octanol–water partition coefficient (Wildman–Crippen LogP) is 4.53. The van der Waals surface area contributed by atoms with E-state index in [9.17, 15) is 4.79 Å². The molecule has 0 spiro atoms. The highest BCUT2D eigenvalue weighted by Crippen LogP contribution is 2.25. The summed E-state index contributed by atoms with van der Waals surface area (Å²) in [7, 11) is 0. The van der Waals surface area contributed by atoms with Crippen LogP contribution in [-0.2, 0) is 0 Å². The standard InChI is InChI=1S/C16H8ClIN2O/c17-13-6-10(2-3-14(13)18)16(21)12-8-20-15-4-1-9(7-19)5-11(12)15/h1-6,8,20H. The molecule has 5 heteroatoms. The molecule has 0 unspecified atom stereocenters. The smallest absolute Gasteiger partial charge is 0.195 e. The second-order valence-corrected chi connectivity index (χ2v) is 6.10. The monoisotopic (exact) mass is 406 g/mol. The quantitative estimate of drug-likeness (QED) is 0.502. The van der Waals surface area contributed by atoms with Gasteiger partial charge in [0.05, 0.1) is 16.7 Å². The van der Waals surface area contributed by atoms with Gasteiger partial charge in [-0.2, -0.15) is 5.26 Å². The second-order valence-electron chi connectivity index (χ2n) is 4.53. The van der Waals surface area contributed by atoms with E-state index in [1.165, 1.54) is 0 Å². The minimum absolute atomic E-state index is 0.116. The van der Waals surface area contributed by atoms with Gasteiger partial charge in [-0.05, 0) is 59.0 Å². The lowest BCUT2D eigenvalue weighted by Crippen LogP contribution is -2.00. The summed E-state index contributed by atoms with van der Waals surface area (Å²) < 4.78 is 0.900. The number of hydrogen-bond acceptors (Lipinski definition) is 2. The zero-order valence-corrected chi connectivity index (χ0v) is 13.6. The fourth-order valence-corrected chi connectivity index (χ4v) is 2.69. The van der Waals surface area contributed by atoms with Crippen LogP contribution in [0.2, 0.25) is 5.02 Å². The number of rotatable bonds is 2. The van der Waals surface area contributed by atoms with E-state index in [-0.39, 0.29) is 5.78 Å². The van der Waals surface area contributed by atoms with E-state index in [4.69, 9.17) is 16.9 Å². The number of nitrogens with one attached hydrogen (secondary N) is 1. The van der Waals surface area contributed by atoms with Gasteiger partial charge >= 0.3 is 0 Å². The number of hydrogen-bond donors (Lipinski definition) is 1. The Balaban J connectivity index is 2.13. The molecular formula is C16H8ClIN2O. The summed E-state index contributed by atoms with van der Waals surface area (Å²) in [4.78, 5) is 15.7. The summed E-state index contributed by atoms with van der Waals surface area (Å²) in [5.41, 5.74) is 2.42. The van der Waals surface area contributed by atoms with E-state index in [0.29, 0.717) is 21.7 Å². The lowest BCUT2D eigenvalue weighted by molar-refractivity contribution is 0.104. The highest BCUT2D eigenvalue weighted by atomic mass is 127. The Morgan fingerprint density at radius 1 is 1.24 bits per heavy atom. The summed E-state index contributed by atoms with van der Waals surface area (Å²) in [6.07, 6.45) is 1.67. The molecule has 0 aliphatic carbocycles. The summed E-state index contributed by atoms with van der Waals surface area (Å²) >= 11 is 8.19. The third kappa shape index (κ3) is 2.55. The van der Waals surface area contributed by atoms with Crippen molar-refractivity contribution in [3.8, 4) is 6.07 Å². The van der Waals surface area contributed by atoms with Crippen molar-refractivity contribution >= 4 is 50.9 Å². The molecule has 0 aliphatic heterocycles. The minimum Gasteiger partial charge on any atom is -0.360 e. The van der Waals surface area contributed by atoms with Crippen molar-refractivity contribution in [2.45, 2.75) is 0 Å². The molecule has 1 aromatic heterocycles. The molecule has 102 valence electrons. The third-order valence-corrected chi connectivity index (χ3v) is 4.81. The molecule has 0 radical (unpaired) electrons. The molecular weight excluding hydrogens is 399 g/mol. The van der Waals surface area contributed by atoms with Crippen molar-refractivity contribution in [2.75, 3.05) is 0 Å². The molecule has 0 fully saturated rings. The second kappa shape index (κ2) is 5.51. The maximum Gasteiger partial charge on any atom is 0.195 e. The SMILES string of the molecule is N#Cc1ccc2[nH]cc(C(=O)c3ccc(I)c(Cl)c3)c2c1. The normalized spacial score (nSPS) is 10.5. The number of carbonyl (C=O) groups is 1. The number of ketones is 1. The zero-order valence-electron chi connectivity index (χ0n) is 10.7. The fraction of sp³-hybridized carbons (Fsp3) is 0. The molecule has 0 amide bonds. The molecule has 21 heavy (non-hydrogen) atoms. The number of carbonyl (C=O) groups excluding carboxylic acids is 1. The van der Waals surface area contributed by atoms with E-state index in [2.05, 4.69) is 33.6 Å². The van der Waals surface area contributed by atoms with Gasteiger partial charge < -0.3 is 4.98 Å². The van der Waals surface area contributed by atoms with Gasteiger partial charge in [0.15, 0.2) is 5.78 Å². The number of benzene rings is 2. The van der Waals surface area contributed by atoms with Crippen molar-refractivity contribution in [3.63, 3.8) is 0 Å². The number of nitriles is 1. The molecule has 3 rings (SSSR count). The van der Waals surface area contributed by atoms with Gasteiger partial charge in [-0.25, -0.2) is 0 Å². The molecule has 1 N–H and O–H groups in total. The van der Waals surface area contributed by atoms with E-state index in [0.717, 1.165) is 14.5 Å². The summed E-state index contributed by atoms with van der Waals surface area (Å²) in [5, 5.41) is 10.3. The summed E-state index contributed by atoms with van der Waals surface area (Å²) in [6, 6.07) is 12.5. The molecule has 1 heterocycles. The Morgan fingerprint density at radius 2 is 2.05 bits per heavy atom. The van der Waals surface area contributed by atoms with Crippen LogP contribution in [-0.4, -0.2) is 10.8 Å². The van der Waals surface area contributed by atoms with Crippen LogP contribution in [0.4, 0.5) is 0 Å². The third-order valence-electron chi connectivity index (χ3n) is 3.24. The number of aromatic nitrogens is 1. The van der Waals surface area contributed by atoms with Crippen LogP contribution in [0.3, 0.4) is 0 Å². The Kier molecular flexibility index (Phi) is 3.70. The first kappa shape index (κ1) is 14.1. The summed E-state index contributed by atoms with van der Waals surface area (Å²) in [6.45, 7) is 0. The zero-order chi connectivity index (χ0) is 15.0. The van der Waals surface area contributed by atoms with Crippen LogP contribution in [0.5, 0.6) is 0 Å². The van der Waals surface area contributed by atoms with Crippen LogP contribution in [0.1, 0.15) is 21.5 Å². The van der Waals surface area contributed by atoms with Gasteiger partial charge in [0.2, 0.25) is 0 Å². The maximum atomic E-state index is 12.6. The molecule has 0 aliphatic rings. The van der Waals surface area contributed by atoms with E-state index >= 15 is 0 Å². The Bertz CT molecular complexity index is 908. The van der Waals surface area contributed by atoms with Gasteiger partial charge in [-0.3, -0.25) is 4.79 Å². The van der Waals surface area contributed by atoms with E-state index < -0.39 is 0 Å². The molecule has 3 aromatic rings. The first-order valence-electron chi connectivity index (χ1n) is 6.11. The number of fused-ring (bicyclic) bond motifs is 1. The van der Waals surface area contributed by atoms with E-state index in [1.807, 2.05) is 6.07 Å². The molecule has 0 saturated carbocycles. The maximum absolute atomic E-state index is 12.6. The van der Waals surface area contributed by atoms with Crippen molar-refractivity contribution in [1.29, 1.82) is 5.26 Å². The first-order chi connectivity index (χ1) is 10.1. The average Bonchev–Trinajstić information content (AvgIpc) is 2.92. The summed E-state index contributed by atoms with van der Waals surface area (Å²) in [5.74, 6) is -0.116. The Morgan fingerprint density at radius 3 is 2.76 bits per heavy atom. The number of nitrogens with zero attached hydrogens (tertiary/aromatic N) is 1. The minimum atomic E-state index is -0.116. The Labute approximate surface area is 139 Å². The highest BCUT2D eigenvalue weighted by molar-refractivity contribution is 14.1. The average molecular weight is 407 g/mol. The molecule has 0 atom stereocenters. The van der Waals surface area contributed by atoms with Crippen molar-refractivity contribution in [3.05, 3.63) is 67.9 Å². The molecule has 2 aromatic carbocycles. The van der Waals surface area contributed by atoms with Crippen LogP contribution >= 0.6 is 34.2 Å². The lowest BCUT2D eigenvalue weighted by atomic mass is 10.0. The van der Waals surface area contributed by atoms with Gasteiger partial charge in [0, 0.05) is 31.8 Å². The van der Waals surface area contributed by atoms with E-state index in [1.54, 1.807) is 36.5 Å². The van der Waals surface area contributed by atoms with Gasteiger partial charge in [-0.1, -0.05) is 11.6 Å². The van der Waals surface area contributed by atoms with Crippen molar-refractivity contribution < 1.29 is 4.79 Å². The van der Waals surface area contributed by atoms with Crippen LogP contribution in [0.15, 0.2) is 42.6 Å². The van der Waals surface area contributed by atoms with Crippen LogP contribution in [0.25, 0.3) is 10.9 Å². The largest absolute Gasteiger partial charge is 0.360 e. The van der Waals surface area contributed by atoms with Gasteiger partial charge in [-0.15, -0.1) is 0 Å². The topological polar surface area (TPSA) is 56.6 Å². The van der Waals surface area contributed by atoms with Gasteiger partial charge in [0.1, 0.15) is 0 Å². The van der Waals surface area contributed by atoms with Crippen LogP contribution < -0.4 is 0 Å². The predicted molar refractivity (Wildman–Crippen MR) is 90.6 cm³/mol. The number of aromatic amines is 1. The number of H-pyrrole nitrogens is 1. The first-order valence-corrected chi connectivity index (χ1v) is 7.57. The van der Waals surface area contributed by atoms with Crippen molar-refractivity contribution in [1.82, 2.24) is 4.98 Å². The van der Waals surface area contributed by atoms with Crippen molar-refractivity contribution in [2.24, 2.45) is 0 Å². The number of halogens is 2. The highest BCUT2D eigenvalue weighted by Gasteiger charge is 2.15. The molecule has 0 bridgehead atoms.